The molecule has 1 unspecified atom stereocenters. The van der Waals surface area contributed by atoms with Crippen LogP contribution < -0.4 is 10.1 Å². The molecule has 20 heavy (non-hydrogen) atoms. The second kappa shape index (κ2) is 6.15. The number of para-hydroxylation sites is 1. The summed E-state index contributed by atoms with van der Waals surface area (Å²) in [7, 11) is 0. The SMILES string of the molecule is OCC1(CNC2CCOc3ccccc32)CCCCC1. The van der Waals surface area contributed by atoms with Crippen LogP contribution in [0.5, 0.6) is 5.75 Å². The zero-order valence-corrected chi connectivity index (χ0v) is 12.1. The number of hydrogen-bond acceptors (Lipinski definition) is 3. The number of rotatable bonds is 4. The standard InChI is InChI=1S/C17H25NO2/c19-13-17(9-4-1-5-10-17)12-18-15-8-11-20-16-7-3-2-6-14(15)16/h2-3,6-7,15,18-19H,1,4-5,8-13H2. The molecule has 0 spiro atoms. The summed E-state index contributed by atoms with van der Waals surface area (Å²) in [6.07, 6.45) is 7.16. The molecule has 110 valence electrons. The van der Waals surface area contributed by atoms with Gasteiger partial charge in [0.05, 0.1) is 6.61 Å². The quantitative estimate of drug-likeness (QED) is 0.887. The van der Waals surface area contributed by atoms with Crippen molar-refractivity contribution in [3.05, 3.63) is 29.8 Å². The summed E-state index contributed by atoms with van der Waals surface area (Å²) in [5.41, 5.74) is 1.37. The van der Waals surface area contributed by atoms with Gasteiger partial charge in [-0.2, -0.15) is 0 Å². The maximum atomic E-state index is 9.80. The van der Waals surface area contributed by atoms with Gasteiger partial charge in [0.25, 0.3) is 0 Å². The van der Waals surface area contributed by atoms with Crippen molar-refractivity contribution in [2.75, 3.05) is 19.8 Å². The van der Waals surface area contributed by atoms with E-state index in [4.69, 9.17) is 4.74 Å². The van der Waals surface area contributed by atoms with Crippen molar-refractivity contribution in [3.8, 4) is 5.75 Å². The van der Waals surface area contributed by atoms with Crippen LogP contribution in [0.15, 0.2) is 24.3 Å². The third-order valence-electron chi connectivity index (χ3n) is 4.93. The van der Waals surface area contributed by atoms with Crippen molar-refractivity contribution in [2.45, 2.75) is 44.6 Å². The first kappa shape index (κ1) is 13.9. The van der Waals surface area contributed by atoms with E-state index in [1.54, 1.807) is 0 Å². The van der Waals surface area contributed by atoms with Gasteiger partial charge in [-0.1, -0.05) is 37.5 Å². The summed E-state index contributed by atoms with van der Waals surface area (Å²) in [5, 5.41) is 13.5. The van der Waals surface area contributed by atoms with Gasteiger partial charge in [0.15, 0.2) is 0 Å². The highest BCUT2D eigenvalue weighted by Crippen LogP contribution is 2.37. The van der Waals surface area contributed by atoms with Crippen molar-refractivity contribution < 1.29 is 9.84 Å². The first-order valence-electron chi connectivity index (χ1n) is 7.89. The van der Waals surface area contributed by atoms with Crippen LogP contribution in [0.2, 0.25) is 0 Å². The zero-order valence-electron chi connectivity index (χ0n) is 12.1. The Bertz CT molecular complexity index is 440. The summed E-state index contributed by atoms with van der Waals surface area (Å²) in [6.45, 7) is 2.01. The molecule has 2 N–H and O–H groups in total. The normalized spacial score (nSPS) is 24.8. The molecule has 2 aliphatic rings. The lowest BCUT2D eigenvalue weighted by atomic mass is 9.74. The lowest BCUT2D eigenvalue weighted by molar-refractivity contribution is 0.0761. The van der Waals surface area contributed by atoms with E-state index in [0.717, 1.165) is 38.2 Å². The molecule has 1 atom stereocenters. The molecule has 1 heterocycles. The number of aliphatic hydroxyl groups excluding tert-OH is 1. The van der Waals surface area contributed by atoms with E-state index in [1.165, 1.54) is 24.8 Å². The Morgan fingerprint density at radius 2 is 2.00 bits per heavy atom. The minimum Gasteiger partial charge on any atom is -0.493 e. The highest BCUT2D eigenvalue weighted by Gasteiger charge is 2.32. The second-order valence-corrected chi connectivity index (χ2v) is 6.33. The molecule has 0 radical (unpaired) electrons. The van der Waals surface area contributed by atoms with Gasteiger partial charge in [0.1, 0.15) is 5.75 Å². The minimum absolute atomic E-state index is 0.103. The molecule has 3 heteroatoms. The number of benzene rings is 1. The van der Waals surface area contributed by atoms with Crippen molar-refractivity contribution in [1.29, 1.82) is 0 Å². The van der Waals surface area contributed by atoms with Crippen LogP contribution in [0, 0.1) is 5.41 Å². The predicted octanol–water partition coefficient (Wildman–Crippen LogP) is 3.04. The predicted molar refractivity (Wildman–Crippen MR) is 79.9 cm³/mol. The largest absolute Gasteiger partial charge is 0.493 e. The van der Waals surface area contributed by atoms with Crippen LogP contribution in [0.3, 0.4) is 0 Å². The third kappa shape index (κ3) is 2.84. The number of fused-ring (bicyclic) bond motifs is 1. The Kier molecular flexibility index (Phi) is 4.27. The Balaban J connectivity index is 1.66. The highest BCUT2D eigenvalue weighted by atomic mass is 16.5. The van der Waals surface area contributed by atoms with Crippen LogP contribution in [0.4, 0.5) is 0 Å². The first-order chi connectivity index (χ1) is 9.83. The fourth-order valence-corrected chi connectivity index (χ4v) is 3.59. The number of hydrogen-bond donors (Lipinski definition) is 2. The van der Waals surface area contributed by atoms with Gasteiger partial charge in [0.2, 0.25) is 0 Å². The molecule has 0 saturated heterocycles. The molecule has 3 rings (SSSR count). The number of ether oxygens (including phenoxy) is 1. The van der Waals surface area contributed by atoms with E-state index < -0.39 is 0 Å². The van der Waals surface area contributed by atoms with Gasteiger partial charge in [-0.05, 0) is 18.9 Å². The summed E-state index contributed by atoms with van der Waals surface area (Å²) in [4.78, 5) is 0. The van der Waals surface area contributed by atoms with E-state index >= 15 is 0 Å². The summed E-state index contributed by atoms with van der Waals surface area (Å²) in [6, 6.07) is 8.66. The maximum Gasteiger partial charge on any atom is 0.124 e. The fourth-order valence-electron chi connectivity index (χ4n) is 3.59. The van der Waals surface area contributed by atoms with Gasteiger partial charge in [0, 0.05) is 36.6 Å². The van der Waals surface area contributed by atoms with Crippen LogP contribution >= 0.6 is 0 Å². The fraction of sp³-hybridized carbons (Fsp3) is 0.647. The van der Waals surface area contributed by atoms with Gasteiger partial charge in [-0.3, -0.25) is 0 Å². The molecule has 0 amide bonds. The molecule has 1 fully saturated rings. The smallest absolute Gasteiger partial charge is 0.124 e. The van der Waals surface area contributed by atoms with Gasteiger partial charge in [-0.15, -0.1) is 0 Å². The lowest BCUT2D eigenvalue weighted by Gasteiger charge is -2.38. The minimum atomic E-state index is 0.103. The van der Waals surface area contributed by atoms with Crippen molar-refractivity contribution in [3.63, 3.8) is 0 Å². The van der Waals surface area contributed by atoms with Gasteiger partial charge < -0.3 is 15.2 Å². The van der Waals surface area contributed by atoms with Crippen LogP contribution in [-0.4, -0.2) is 24.9 Å². The summed E-state index contributed by atoms with van der Waals surface area (Å²) < 4.78 is 5.71. The van der Waals surface area contributed by atoms with E-state index in [-0.39, 0.29) is 5.41 Å². The van der Waals surface area contributed by atoms with Crippen LogP contribution in [-0.2, 0) is 0 Å². The van der Waals surface area contributed by atoms with E-state index in [0.29, 0.717) is 12.6 Å². The average molecular weight is 275 g/mol. The molecule has 1 saturated carbocycles. The Morgan fingerprint density at radius 1 is 1.20 bits per heavy atom. The van der Waals surface area contributed by atoms with Crippen LogP contribution in [0.25, 0.3) is 0 Å². The summed E-state index contributed by atoms with van der Waals surface area (Å²) in [5.74, 6) is 1.01. The molecule has 1 aromatic rings. The Labute approximate surface area is 121 Å². The molecule has 1 aliphatic carbocycles. The topological polar surface area (TPSA) is 41.5 Å². The second-order valence-electron chi connectivity index (χ2n) is 6.33. The molecular formula is C17H25NO2. The van der Waals surface area contributed by atoms with E-state index in [9.17, 15) is 5.11 Å². The molecule has 0 bridgehead atoms. The Hall–Kier alpha value is -1.06. The third-order valence-corrected chi connectivity index (χ3v) is 4.93. The maximum absolute atomic E-state index is 9.80. The number of aliphatic hydroxyl groups is 1. The molecule has 0 aromatic heterocycles. The van der Waals surface area contributed by atoms with E-state index in [2.05, 4.69) is 17.4 Å². The first-order valence-corrected chi connectivity index (χ1v) is 7.89. The number of nitrogens with one attached hydrogen (secondary N) is 1. The molecule has 1 aromatic carbocycles. The van der Waals surface area contributed by atoms with Crippen LogP contribution in [0.1, 0.15) is 50.1 Å². The van der Waals surface area contributed by atoms with Crippen molar-refractivity contribution >= 4 is 0 Å². The van der Waals surface area contributed by atoms with E-state index in [1.807, 2.05) is 12.1 Å². The highest BCUT2D eigenvalue weighted by molar-refractivity contribution is 5.37. The van der Waals surface area contributed by atoms with Gasteiger partial charge >= 0.3 is 0 Å². The van der Waals surface area contributed by atoms with Crippen molar-refractivity contribution in [2.24, 2.45) is 5.41 Å². The van der Waals surface area contributed by atoms with Gasteiger partial charge in [-0.25, -0.2) is 0 Å². The monoisotopic (exact) mass is 275 g/mol. The summed E-state index contributed by atoms with van der Waals surface area (Å²) >= 11 is 0. The lowest BCUT2D eigenvalue weighted by Crippen LogP contribution is -2.41. The molecule has 1 aliphatic heterocycles. The van der Waals surface area contributed by atoms with Crippen molar-refractivity contribution in [1.82, 2.24) is 5.32 Å². The molecular weight excluding hydrogens is 250 g/mol. The average Bonchev–Trinajstić information content (AvgIpc) is 2.54. The Morgan fingerprint density at radius 3 is 2.80 bits per heavy atom. The zero-order chi connectivity index (χ0) is 13.8. The molecule has 3 nitrogen and oxygen atoms in total.